The summed E-state index contributed by atoms with van der Waals surface area (Å²) in [5.74, 6) is -1.64. The molecule has 164 valence electrons. The highest BCUT2D eigenvalue weighted by molar-refractivity contribution is 7.89. The number of halogens is 1. The maximum atomic E-state index is 14.0. The van der Waals surface area contributed by atoms with Crippen molar-refractivity contribution >= 4 is 27.4 Å². The summed E-state index contributed by atoms with van der Waals surface area (Å²) in [6.45, 7) is 2.76. The van der Waals surface area contributed by atoms with Gasteiger partial charge in [0.1, 0.15) is 5.82 Å². The second-order valence-electron chi connectivity index (χ2n) is 7.14. The molecule has 9 nitrogen and oxygen atoms in total. The lowest BCUT2D eigenvalue weighted by Crippen LogP contribution is -2.50. The van der Waals surface area contributed by atoms with Crippen LogP contribution in [0.3, 0.4) is 0 Å². The number of hydrogen-bond donors (Lipinski definition) is 0. The molecule has 1 saturated heterocycles. The average molecular weight is 449 g/mol. The van der Waals surface area contributed by atoms with Crippen molar-refractivity contribution in [2.24, 2.45) is 0 Å². The molecule has 0 saturated carbocycles. The number of hydrogen-bond acceptors (Lipinski definition) is 6. The Morgan fingerprint density at radius 2 is 1.61 bits per heavy atom. The van der Waals surface area contributed by atoms with Crippen LogP contribution in [0.25, 0.3) is 0 Å². The van der Waals surface area contributed by atoms with E-state index in [0.717, 1.165) is 12.1 Å². The fraction of sp³-hybridized carbons (Fsp3) is 0.300. The van der Waals surface area contributed by atoms with Crippen LogP contribution in [0, 0.1) is 22.9 Å². The zero-order chi connectivity index (χ0) is 22.9. The molecule has 0 N–H and O–H groups in total. The Balaban J connectivity index is 1.74. The predicted octanol–water partition coefficient (Wildman–Crippen LogP) is 2.39. The molecule has 0 aromatic heterocycles. The van der Waals surface area contributed by atoms with E-state index in [-0.39, 0.29) is 48.0 Å². The van der Waals surface area contributed by atoms with E-state index in [0.29, 0.717) is 5.56 Å². The largest absolute Gasteiger partial charge is 0.336 e. The molecule has 1 aliphatic heterocycles. The maximum Gasteiger partial charge on any atom is 0.276 e. The number of rotatable bonds is 5. The molecule has 0 bridgehead atoms. The van der Waals surface area contributed by atoms with Gasteiger partial charge in [0.15, 0.2) is 5.78 Å². The minimum atomic E-state index is -3.81. The number of sulfonamides is 1. The van der Waals surface area contributed by atoms with E-state index < -0.39 is 32.4 Å². The summed E-state index contributed by atoms with van der Waals surface area (Å²) in [6.07, 6.45) is 0. The number of nitrogens with zero attached hydrogens (tertiary/aromatic N) is 3. The van der Waals surface area contributed by atoms with Gasteiger partial charge >= 0.3 is 0 Å². The summed E-state index contributed by atoms with van der Waals surface area (Å²) in [5.41, 5.74) is -0.411. The number of carbonyl (C=O) groups is 2. The number of carbonyl (C=O) groups excluding carboxylic acids is 2. The smallest absolute Gasteiger partial charge is 0.276 e. The maximum absolute atomic E-state index is 14.0. The van der Waals surface area contributed by atoms with Crippen LogP contribution >= 0.6 is 0 Å². The van der Waals surface area contributed by atoms with Gasteiger partial charge in [-0.25, -0.2) is 12.8 Å². The second kappa shape index (κ2) is 8.52. The molecule has 0 unspecified atom stereocenters. The van der Waals surface area contributed by atoms with Gasteiger partial charge in [-0.2, -0.15) is 4.31 Å². The van der Waals surface area contributed by atoms with E-state index in [4.69, 9.17) is 0 Å². The summed E-state index contributed by atoms with van der Waals surface area (Å²) in [5, 5.41) is 11.1. The van der Waals surface area contributed by atoms with Crippen LogP contribution in [0.4, 0.5) is 10.1 Å². The van der Waals surface area contributed by atoms with Gasteiger partial charge < -0.3 is 4.90 Å². The Hall–Kier alpha value is -3.18. The highest BCUT2D eigenvalue weighted by atomic mass is 32.2. The van der Waals surface area contributed by atoms with Crippen molar-refractivity contribution < 1.29 is 27.3 Å². The van der Waals surface area contributed by atoms with Gasteiger partial charge in [0.2, 0.25) is 10.0 Å². The van der Waals surface area contributed by atoms with Crippen LogP contribution in [0.15, 0.2) is 41.3 Å². The monoisotopic (exact) mass is 449 g/mol. The van der Waals surface area contributed by atoms with Crippen LogP contribution in [0.1, 0.15) is 33.2 Å². The highest BCUT2D eigenvalue weighted by Crippen LogP contribution is 2.25. The van der Waals surface area contributed by atoms with Crippen molar-refractivity contribution in [3.8, 4) is 0 Å². The zero-order valence-corrected chi connectivity index (χ0v) is 17.7. The van der Waals surface area contributed by atoms with E-state index in [1.807, 2.05) is 0 Å². The number of ketones is 1. The lowest BCUT2D eigenvalue weighted by Gasteiger charge is -2.34. The van der Waals surface area contributed by atoms with Crippen molar-refractivity contribution in [1.29, 1.82) is 0 Å². The Morgan fingerprint density at radius 3 is 2.13 bits per heavy atom. The van der Waals surface area contributed by atoms with Crippen LogP contribution in [0.2, 0.25) is 0 Å². The van der Waals surface area contributed by atoms with Gasteiger partial charge in [-0.05, 0) is 32.0 Å². The van der Waals surface area contributed by atoms with Crippen molar-refractivity contribution in [3.05, 3.63) is 69.0 Å². The van der Waals surface area contributed by atoms with E-state index in [1.54, 1.807) is 0 Å². The molecular weight excluding hydrogens is 429 g/mol. The van der Waals surface area contributed by atoms with Gasteiger partial charge in [0.05, 0.1) is 15.4 Å². The number of nitro groups is 1. The van der Waals surface area contributed by atoms with Gasteiger partial charge in [-0.3, -0.25) is 19.7 Å². The van der Waals surface area contributed by atoms with Gasteiger partial charge in [0.25, 0.3) is 11.6 Å². The third-order valence-electron chi connectivity index (χ3n) is 5.19. The molecular formula is C20H20FN3O6S. The molecule has 1 amide bonds. The first-order valence-electron chi connectivity index (χ1n) is 9.37. The Kier molecular flexibility index (Phi) is 6.18. The minimum Gasteiger partial charge on any atom is -0.336 e. The summed E-state index contributed by atoms with van der Waals surface area (Å²) < 4.78 is 40.9. The Morgan fingerprint density at radius 1 is 1.03 bits per heavy atom. The van der Waals surface area contributed by atoms with E-state index in [1.165, 1.54) is 47.3 Å². The standard InChI is InChI=1S/C20H20FN3O6S/c1-13-18(21)11-16(12-19(13)24(27)28)20(26)22-7-9-23(10-8-22)31(29,30)17-5-3-15(4-6-17)14(2)25/h3-6,11-12H,7-10H2,1-2H3. The van der Waals surface area contributed by atoms with E-state index in [2.05, 4.69) is 0 Å². The molecule has 31 heavy (non-hydrogen) atoms. The average Bonchev–Trinajstić information content (AvgIpc) is 2.75. The quantitative estimate of drug-likeness (QED) is 0.393. The SMILES string of the molecule is CC(=O)c1ccc(S(=O)(=O)N2CCN(C(=O)c3cc(F)c(C)c([N+](=O)[O-])c3)CC2)cc1. The molecule has 0 atom stereocenters. The summed E-state index contributed by atoms with van der Waals surface area (Å²) in [7, 11) is -3.81. The van der Waals surface area contributed by atoms with Gasteiger partial charge in [-0.15, -0.1) is 0 Å². The topological polar surface area (TPSA) is 118 Å². The number of piperazine rings is 1. The molecule has 0 radical (unpaired) electrons. The third-order valence-corrected chi connectivity index (χ3v) is 7.10. The van der Waals surface area contributed by atoms with E-state index in [9.17, 15) is 32.5 Å². The van der Waals surface area contributed by atoms with Crippen molar-refractivity contribution in [2.75, 3.05) is 26.2 Å². The summed E-state index contributed by atoms with van der Waals surface area (Å²) >= 11 is 0. The molecule has 1 aliphatic rings. The number of amides is 1. The van der Waals surface area contributed by atoms with Crippen molar-refractivity contribution in [2.45, 2.75) is 18.7 Å². The molecule has 0 spiro atoms. The first kappa shape index (κ1) is 22.5. The van der Waals surface area contributed by atoms with Crippen molar-refractivity contribution in [3.63, 3.8) is 0 Å². The molecule has 1 fully saturated rings. The fourth-order valence-corrected chi connectivity index (χ4v) is 4.72. The molecule has 3 rings (SSSR count). The summed E-state index contributed by atoms with van der Waals surface area (Å²) in [6, 6.07) is 7.57. The molecule has 2 aromatic rings. The zero-order valence-electron chi connectivity index (χ0n) is 16.9. The molecule has 0 aliphatic carbocycles. The highest BCUT2D eigenvalue weighted by Gasteiger charge is 2.31. The van der Waals surface area contributed by atoms with Gasteiger partial charge in [0, 0.05) is 43.4 Å². The lowest BCUT2D eigenvalue weighted by atomic mass is 10.1. The van der Waals surface area contributed by atoms with Crippen LogP contribution in [-0.4, -0.2) is 60.4 Å². The Bertz CT molecular complexity index is 1160. The lowest BCUT2D eigenvalue weighted by molar-refractivity contribution is -0.385. The third kappa shape index (κ3) is 4.47. The van der Waals surface area contributed by atoms with Crippen molar-refractivity contribution in [1.82, 2.24) is 9.21 Å². The Labute approximate surface area is 178 Å². The molecule has 1 heterocycles. The first-order chi connectivity index (χ1) is 14.5. The van der Waals surface area contributed by atoms with Crippen LogP contribution in [-0.2, 0) is 10.0 Å². The first-order valence-corrected chi connectivity index (χ1v) is 10.8. The predicted molar refractivity (Wildman–Crippen MR) is 109 cm³/mol. The second-order valence-corrected chi connectivity index (χ2v) is 9.07. The fourth-order valence-electron chi connectivity index (χ4n) is 3.30. The van der Waals surface area contributed by atoms with Crippen LogP contribution < -0.4 is 0 Å². The number of Topliss-reactive ketones (excluding diaryl/α,β-unsaturated/α-hetero) is 1. The number of nitro benzene ring substituents is 1. The van der Waals surface area contributed by atoms with Gasteiger partial charge in [-0.1, -0.05) is 12.1 Å². The van der Waals surface area contributed by atoms with E-state index >= 15 is 0 Å². The normalized spacial score (nSPS) is 15.0. The molecule has 2 aromatic carbocycles. The van der Waals surface area contributed by atoms with Crippen LogP contribution in [0.5, 0.6) is 0 Å². The summed E-state index contributed by atoms with van der Waals surface area (Å²) in [4.78, 5) is 35.8. The number of benzene rings is 2. The minimum absolute atomic E-state index is 0.0129. The molecule has 11 heteroatoms.